The number of rotatable bonds is 5. The second-order valence-corrected chi connectivity index (χ2v) is 4.76. The van der Waals surface area contributed by atoms with Gasteiger partial charge < -0.3 is 16.2 Å². The molecule has 0 radical (unpaired) electrons. The van der Waals surface area contributed by atoms with Crippen molar-refractivity contribution in [3.05, 3.63) is 29.8 Å². The lowest BCUT2D eigenvalue weighted by Gasteiger charge is -2.13. The quantitative estimate of drug-likeness (QED) is 0.759. The maximum absolute atomic E-state index is 11.8. The van der Waals surface area contributed by atoms with E-state index in [1.165, 1.54) is 19.1 Å². The number of carbonyl (C=O) groups is 3. The number of carbonyl (C=O) groups excluding carboxylic acids is 3. The van der Waals surface area contributed by atoms with E-state index in [0.717, 1.165) is 11.8 Å². The monoisotopic (exact) mass is 312 g/mol. The standard InChI is InChI=1S/C12H14N2O4S.C2H6/c1-7(15)14-9(11(13)17)6-19-12(18)8-4-2-3-5-10(8)16;1-2/h2-5,9,16H,6H2,1H3,(H2,13,17)(H,14,15);1-2H3. The molecule has 1 rings (SSSR count). The van der Waals surface area contributed by atoms with Crippen molar-refractivity contribution >= 4 is 28.7 Å². The molecule has 1 atom stereocenters. The average Bonchev–Trinajstić information content (AvgIpc) is 2.45. The number of aromatic hydroxyl groups is 1. The van der Waals surface area contributed by atoms with Crippen LogP contribution in [0.5, 0.6) is 5.75 Å². The molecule has 1 aromatic rings. The van der Waals surface area contributed by atoms with Crippen LogP contribution in [0, 0.1) is 0 Å². The van der Waals surface area contributed by atoms with Crippen LogP contribution in [0.15, 0.2) is 24.3 Å². The van der Waals surface area contributed by atoms with Crippen LogP contribution in [-0.2, 0) is 9.59 Å². The smallest absolute Gasteiger partial charge is 0.240 e. The molecule has 21 heavy (non-hydrogen) atoms. The zero-order valence-electron chi connectivity index (χ0n) is 12.3. The van der Waals surface area contributed by atoms with E-state index in [0.29, 0.717) is 0 Å². The van der Waals surface area contributed by atoms with Gasteiger partial charge >= 0.3 is 0 Å². The summed E-state index contributed by atoms with van der Waals surface area (Å²) in [6.45, 7) is 5.26. The molecule has 1 aromatic carbocycles. The molecule has 1 unspecified atom stereocenters. The molecule has 0 bridgehead atoms. The zero-order valence-corrected chi connectivity index (χ0v) is 13.1. The van der Waals surface area contributed by atoms with Gasteiger partial charge in [0, 0.05) is 12.7 Å². The van der Waals surface area contributed by atoms with E-state index < -0.39 is 23.0 Å². The molecule has 6 nitrogen and oxygen atoms in total. The topological polar surface area (TPSA) is 109 Å². The second kappa shape index (κ2) is 9.82. The van der Waals surface area contributed by atoms with Gasteiger partial charge in [-0.25, -0.2) is 0 Å². The molecule has 0 aliphatic rings. The number of nitrogens with one attached hydrogen (secondary N) is 1. The van der Waals surface area contributed by atoms with Crippen LogP contribution in [0.25, 0.3) is 0 Å². The molecule has 0 saturated heterocycles. The molecule has 0 aliphatic heterocycles. The van der Waals surface area contributed by atoms with Crippen molar-refractivity contribution in [3.63, 3.8) is 0 Å². The highest BCUT2D eigenvalue weighted by Gasteiger charge is 2.19. The Morgan fingerprint density at radius 2 is 1.86 bits per heavy atom. The summed E-state index contributed by atoms with van der Waals surface area (Å²) in [5, 5.41) is 11.5. The first-order valence-corrected chi connectivity index (χ1v) is 7.42. The Bertz CT molecular complexity index is 506. The van der Waals surface area contributed by atoms with Crippen LogP contribution >= 0.6 is 11.8 Å². The fourth-order valence-electron chi connectivity index (χ4n) is 1.32. The number of phenols is 1. The highest BCUT2D eigenvalue weighted by Crippen LogP contribution is 2.21. The van der Waals surface area contributed by atoms with Crippen molar-refractivity contribution < 1.29 is 19.5 Å². The lowest BCUT2D eigenvalue weighted by atomic mass is 10.2. The molecule has 0 fully saturated rings. The zero-order chi connectivity index (χ0) is 16.4. The van der Waals surface area contributed by atoms with E-state index in [9.17, 15) is 19.5 Å². The van der Waals surface area contributed by atoms with Crippen LogP contribution in [0.3, 0.4) is 0 Å². The number of hydrogen-bond donors (Lipinski definition) is 3. The summed E-state index contributed by atoms with van der Waals surface area (Å²) in [6.07, 6.45) is 0. The van der Waals surface area contributed by atoms with Gasteiger partial charge in [0.1, 0.15) is 11.8 Å². The minimum absolute atomic E-state index is 0.0160. The third kappa shape index (κ3) is 6.80. The molecular weight excluding hydrogens is 292 g/mol. The van der Waals surface area contributed by atoms with E-state index >= 15 is 0 Å². The van der Waals surface area contributed by atoms with Gasteiger partial charge in [0.15, 0.2) is 0 Å². The summed E-state index contributed by atoms with van der Waals surface area (Å²) in [6, 6.07) is 5.17. The molecule has 0 aromatic heterocycles. The van der Waals surface area contributed by atoms with Gasteiger partial charge in [0.25, 0.3) is 0 Å². The van der Waals surface area contributed by atoms with Crippen LogP contribution in [0.2, 0.25) is 0 Å². The predicted molar refractivity (Wildman–Crippen MR) is 83.0 cm³/mol. The SMILES string of the molecule is CC.CC(=O)NC(CSC(=O)c1ccccc1O)C(N)=O. The lowest BCUT2D eigenvalue weighted by molar-refractivity contribution is -0.125. The highest BCUT2D eigenvalue weighted by molar-refractivity contribution is 8.14. The maximum atomic E-state index is 11.8. The van der Waals surface area contributed by atoms with Crippen molar-refractivity contribution in [1.29, 1.82) is 0 Å². The Morgan fingerprint density at radius 3 is 2.33 bits per heavy atom. The summed E-state index contributed by atoms with van der Waals surface area (Å²) in [5.74, 6) is -1.23. The molecular formula is C14H20N2O4S. The van der Waals surface area contributed by atoms with Crippen molar-refractivity contribution in [2.24, 2.45) is 5.73 Å². The number of para-hydroxylation sites is 1. The fourth-order valence-corrected chi connectivity index (χ4v) is 2.22. The summed E-state index contributed by atoms with van der Waals surface area (Å²) >= 11 is 0.808. The number of thioether (sulfide) groups is 1. The normalized spacial score (nSPS) is 10.8. The van der Waals surface area contributed by atoms with Gasteiger partial charge in [-0.1, -0.05) is 37.7 Å². The van der Waals surface area contributed by atoms with E-state index in [1.807, 2.05) is 13.8 Å². The van der Waals surface area contributed by atoms with Gasteiger partial charge in [0.05, 0.1) is 5.56 Å². The Morgan fingerprint density at radius 1 is 1.29 bits per heavy atom. The Hall–Kier alpha value is -2.02. The first-order chi connectivity index (χ1) is 9.91. The van der Waals surface area contributed by atoms with Crippen molar-refractivity contribution in [2.45, 2.75) is 26.8 Å². The van der Waals surface area contributed by atoms with E-state index in [2.05, 4.69) is 5.32 Å². The minimum Gasteiger partial charge on any atom is -0.507 e. The van der Waals surface area contributed by atoms with Crippen molar-refractivity contribution in [3.8, 4) is 5.75 Å². The fraction of sp³-hybridized carbons (Fsp3) is 0.357. The lowest BCUT2D eigenvalue weighted by Crippen LogP contribution is -2.45. The molecule has 0 heterocycles. The van der Waals surface area contributed by atoms with Crippen LogP contribution in [-0.4, -0.2) is 33.8 Å². The highest BCUT2D eigenvalue weighted by atomic mass is 32.2. The first kappa shape index (κ1) is 19.0. The number of benzene rings is 1. The van der Waals surface area contributed by atoms with Crippen molar-refractivity contribution in [1.82, 2.24) is 5.32 Å². The number of phenolic OH excluding ortho intramolecular Hbond substituents is 1. The Balaban J connectivity index is 0.00000191. The Kier molecular flexibility index (Phi) is 8.87. The number of amides is 2. The third-order valence-electron chi connectivity index (χ3n) is 2.23. The van der Waals surface area contributed by atoms with E-state index in [-0.39, 0.29) is 17.1 Å². The molecule has 2 amide bonds. The second-order valence-electron chi connectivity index (χ2n) is 3.77. The largest absolute Gasteiger partial charge is 0.507 e. The maximum Gasteiger partial charge on any atom is 0.240 e. The summed E-state index contributed by atoms with van der Waals surface area (Å²) in [4.78, 5) is 33.8. The molecule has 0 spiro atoms. The van der Waals surface area contributed by atoms with Crippen molar-refractivity contribution in [2.75, 3.05) is 5.75 Å². The molecule has 116 valence electrons. The predicted octanol–water partition coefficient (Wildman–Crippen LogP) is 1.28. The van der Waals surface area contributed by atoms with Crippen LogP contribution in [0.4, 0.5) is 0 Å². The van der Waals surface area contributed by atoms with Gasteiger partial charge in [-0.05, 0) is 12.1 Å². The van der Waals surface area contributed by atoms with E-state index in [1.54, 1.807) is 12.1 Å². The summed E-state index contributed by atoms with van der Waals surface area (Å²) in [5.41, 5.74) is 5.26. The van der Waals surface area contributed by atoms with Gasteiger partial charge in [-0.2, -0.15) is 0 Å². The van der Waals surface area contributed by atoms with Gasteiger partial charge in [-0.3, -0.25) is 14.4 Å². The minimum atomic E-state index is -0.919. The number of nitrogens with two attached hydrogens (primary N) is 1. The molecule has 0 saturated carbocycles. The van der Waals surface area contributed by atoms with Gasteiger partial charge in [-0.15, -0.1) is 0 Å². The third-order valence-corrected chi connectivity index (χ3v) is 3.21. The summed E-state index contributed by atoms with van der Waals surface area (Å²) in [7, 11) is 0. The number of hydrogen-bond acceptors (Lipinski definition) is 5. The van der Waals surface area contributed by atoms with Crippen LogP contribution < -0.4 is 11.1 Å². The van der Waals surface area contributed by atoms with Gasteiger partial charge in [0.2, 0.25) is 16.9 Å². The average molecular weight is 312 g/mol. The molecule has 4 N–H and O–H groups in total. The first-order valence-electron chi connectivity index (χ1n) is 6.43. The van der Waals surface area contributed by atoms with E-state index in [4.69, 9.17) is 5.73 Å². The van der Waals surface area contributed by atoms with Crippen LogP contribution in [0.1, 0.15) is 31.1 Å². The number of primary amides is 1. The molecule has 0 aliphatic carbocycles. The summed E-state index contributed by atoms with van der Waals surface area (Å²) < 4.78 is 0. The Labute approximate surface area is 128 Å². The molecule has 7 heteroatoms.